The van der Waals surface area contributed by atoms with Crippen molar-refractivity contribution in [2.45, 2.75) is 19.4 Å². The van der Waals surface area contributed by atoms with Gasteiger partial charge in [-0.25, -0.2) is 0 Å². The fourth-order valence-electron chi connectivity index (χ4n) is 2.17. The van der Waals surface area contributed by atoms with Crippen LogP contribution in [0.4, 0.5) is 5.69 Å². The number of rotatable bonds is 4. The third-order valence-electron chi connectivity index (χ3n) is 3.30. The zero-order chi connectivity index (χ0) is 14.7. The lowest BCUT2D eigenvalue weighted by atomic mass is 10.1. The van der Waals surface area contributed by atoms with Crippen LogP contribution in [0.1, 0.15) is 23.7 Å². The molecule has 2 amide bonds. The van der Waals surface area contributed by atoms with Crippen LogP contribution in [0.25, 0.3) is 0 Å². The van der Waals surface area contributed by atoms with Crippen molar-refractivity contribution in [1.29, 1.82) is 0 Å². The van der Waals surface area contributed by atoms with Crippen molar-refractivity contribution >= 4 is 17.5 Å². The average Bonchev–Trinajstić information content (AvgIpc) is 2.73. The summed E-state index contributed by atoms with van der Waals surface area (Å²) in [6.45, 7) is 3.04. The van der Waals surface area contributed by atoms with E-state index in [2.05, 4.69) is 5.32 Å². The van der Waals surface area contributed by atoms with Gasteiger partial charge in [-0.3, -0.25) is 9.59 Å². The van der Waals surface area contributed by atoms with E-state index in [4.69, 9.17) is 10.5 Å². The van der Waals surface area contributed by atoms with Crippen LogP contribution in [0.2, 0.25) is 0 Å². The van der Waals surface area contributed by atoms with Crippen molar-refractivity contribution < 1.29 is 14.3 Å². The molecule has 0 bridgehead atoms. The summed E-state index contributed by atoms with van der Waals surface area (Å²) in [4.78, 5) is 25.4. The Morgan fingerprint density at radius 1 is 1.55 bits per heavy atom. The molecule has 2 rings (SSSR count). The Labute approximate surface area is 117 Å². The monoisotopic (exact) mass is 277 g/mol. The van der Waals surface area contributed by atoms with E-state index >= 15 is 0 Å². The fourth-order valence-corrected chi connectivity index (χ4v) is 2.17. The van der Waals surface area contributed by atoms with E-state index < -0.39 is 6.04 Å². The highest BCUT2D eigenvalue weighted by molar-refractivity contribution is 5.98. The number of hydrogen-bond acceptors (Lipinski definition) is 4. The van der Waals surface area contributed by atoms with E-state index in [0.717, 1.165) is 0 Å². The number of anilines is 1. The molecule has 1 fully saturated rings. The van der Waals surface area contributed by atoms with Gasteiger partial charge in [-0.05, 0) is 31.5 Å². The highest BCUT2D eigenvalue weighted by Gasteiger charge is 2.30. The second-order valence-corrected chi connectivity index (χ2v) is 4.76. The van der Waals surface area contributed by atoms with Crippen molar-refractivity contribution in [3.8, 4) is 5.75 Å². The lowest BCUT2D eigenvalue weighted by molar-refractivity contribution is -0.128. The maximum absolute atomic E-state index is 12.1. The SMILES string of the molecule is CCOc1ccc(C(=O)NC2CCN(C)C2=O)cc1N. The standard InChI is InChI=1S/C14H19N3O3/c1-3-20-12-5-4-9(8-10(12)15)13(18)16-11-6-7-17(2)14(11)19/h4-5,8,11H,3,6-7,15H2,1-2H3,(H,16,18). The van der Waals surface area contributed by atoms with Crippen LogP contribution in [0, 0.1) is 0 Å². The maximum atomic E-state index is 12.1. The molecule has 0 aliphatic carbocycles. The minimum atomic E-state index is -0.444. The molecule has 1 aromatic carbocycles. The number of likely N-dealkylation sites (N-methyl/N-ethyl adjacent to an activating group) is 1. The molecule has 1 saturated heterocycles. The fraction of sp³-hybridized carbons (Fsp3) is 0.429. The van der Waals surface area contributed by atoms with Crippen LogP contribution in [0.15, 0.2) is 18.2 Å². The lowest BCUT2D eigenvalue weighted by Crippen LogP contribution is -2.40. The average molecular weight is 277 g/mol. The first kappa shape index (κ1) is 14.2. The van der Waals surface area contributed by atoms with E-state index in [1.54, 1.807) is 30.1 Å². The van der Waals surface area contributed by atoms with Crippen LogP contribution < -0.4 is 15.8 Å². The highest BCUT2D eigenvalue weighted by atomic mass is 16.5. The van der Waals surface area contributed by atoms with Crippen LogP contribution >= 0.6 is 0 Å². The van der Waals surface area contributed by atoms with Gasteiger partial charge in [-0.1, -0.05) is 0 Å². The third kappa shape index (κ3) is 2.84. The minimum absolute atomic E-state index is 0.0581. The van der Waals surface area contributed by atoms with Crippen LogP contribution in [0.3, 0.4) is 0 Å². The molecule has 108 valence electrons. The number of ether oxygens (including phenoxy) is 1. The molecular formula is C14H19N3O3. The second-order valence-electron chi connectivity index (χ2n) is 4.76. The van der Waals surface area contributed by atoms with Gasteiger partial charge < -0.3 is 20.7 Å². The van der Waals surface area contributed by atoms with Gasteiger partial charge in [-0.2, -0.15) is 0 Å². The smallest absolute Gasteiger partial charge is 0.252 e. The van der Waals surface area contributed by atoms with Gasteiger partial charge in [0.25, 0.3) is 5.91 Å². The number of hydrogen-bond donors (Lipinski definition) is 2. The Bertz CT molecular complexity index is 530. The molecule has 0 saturated carbocycles. The zero-order valence-corrected chi connectivity index (χ0v) is 11.7. The van der Waals surface area contributed by atoms with Gasteiger partial charge in [0.1, 0.15) is 11.8 Å². The molecule has 20 heavy (non-hydrogen) atoms. The number of amides is 2. The van der Waals surface area contributed by atoms with Crippen molar-refractivity contribution in [3.05, 3.63) is 23.8 Å². The molecule has 0 radical (unpaired) electrons. The maximum Gasteiger partial charge on any atom is 0.252 e. The van der Waals surface area contributed by atoms with Gasteiger partial charge in [0.2, 0.25) is 5.91 Å². The summed E-state index contributed by atoms with van der Waals surface area (Å²) < 4.78 is 5.32. The third-order valence-corrected chi connectivity index (χ3v) is 3.30. The molecule has 0 aromatic heterocycles. The number of carbonyl (C=O) groups is 2. The van der Waals surface area contributed by atoms with Gasteiger partial charge in [-0.15, -0.1) is 0 Å². The Morgan fingerprint density at radius 3 is 2.85 bits per heavy atom. The Morgan fingerprint density at radius 2 is 2.30 bits per heavy atom. The van der Waals surface area contributed by atoms with Gasteiger partial charge in [0.15, 0.2) is 0 Å². The highest BCUT2D eigenvalue weighted by Crippen LogP contribution is 2.22. The number of benzene rings is 1. The van der Waals surface area contributed by atoms with Crippen molar-refractivity contribution in [2.75, 3.05) is 25.9 Å². The molecule has 6 nitrogen and oxygen atoms in total. The summed E-state index contributed by atoms with van der Waals surface area (Å²) in [7, 11) is 1.73. The first-order valence-electron chi connectivity index (χ1n) is 6.61. The second kappa shape index (κ2) is 5.81. The Kier molecular flexibility index (Phi) is 4.12. The number of nitrogen functional groups attached to an aromatic ring is 1. The molecule has 1 aromatic rings. The largest absolute Gasteiger partial charge is 0.492 e. The normalized spacial score (nSPS) is 18.2. The molecule has 1 unspecified atom stereocenters. The molecule has 1 atom stereocenters. The van der Waals surface area contributed by atoms with E-state index in [-0.39, 0.29) is 11.8 Å². The molecule has 0 spiro atoms. The molecule has 1 aliphatic rings. The van der Waals surface area contributed by atoms with Gasteiger partial charge in [0.05, 0.1) is 12.3 Å². The minimum Gasteiger partial charge on any atom is -0.492 e. The summed E-state index contributed by atoms with van der Waals surface area (Å²) in [5, 5.41) is 2.73. The first-order valence-corrected chi connectivity index (χ1v) is 6.61. The molecule has 6 heteroatoms. The number of nitrogens with two attached hydrogens (primary N) is 1. The quantitative estimate of drug-likeness (QED) is 0.790. The molecule has 1 aliphatic heterocycles. The topological polar surface area (TPSA) is 84.7 Å². The molecule has 1 heterocycles. The number of likely N-dealkylation sites (tertiary alicyclic amines) is 1. The predicted octanol–water partition coefficient (Wildman–Crippen LogP) is 0.628. The Balaban J connectivity index is 2.06. The van der Waals surface area contributed by atoms with E-state index in [1.807, 2.05) is 6.92 Å². The van der Waals surface area contributed by atoms with Crippen molar-refractivity contribution in [1.82, 2.24) is 10.2 Å². The summed E-state index contributed by atoms with van der Waals surface area (Å²) >= 11 is 0. The molecular weight excluding hydrogens is 258 g/mol. The van der Waals surface area contributed by atoms with Crippen molar-refractivity contribution in [2.24, 2.45) is 0 Å². The van der Waals surface area contributed by atoms with Gasteiger partial charge >= 0.3 is 0 Å². The predicted molar refractivity (Wildman–Crippen MR) is 75.5 cm³/mol. The molecule has 3 N–H and O–H groups in total. The van der Waals surface area contributed by atoms with E-state index in [1.165, 1.54) is 0 Å². The summed E-state index contributed by atoms with van der Waals surface area (Å²) in [5.74, 6) is 0.200. The number of nitrogens with zero attached hydrogens (tertiary/aromatic N) is 1. The summed E-state index contributed by atoms with van der Waals surface area (Å²) in [6.07, 6.45) is 0.633. The first-order chi connectivity index (χ1) is 9.52. The van der Waals surface area contributed by atoms with Gasteiger partial charge in [0, 0.05) is 19.2 Å². The van der Waals surface area contributed by atoms with E-state index in [0.29, 0.717) is 36.6 Å². The zero-order valence-electron chi connectivity index (χ0n) is 11.7. The van der Waals surface area contributed by atoms with Crippen LogP contribution in [0.5, 0.6) is 5.75 Å². The lowest BCUT2D eigenvalue weighted by Gasteiger charge is -2.13. The van der Waals surface area contributed by atoms with Crippen LogP contribution in [-0.2, 0) is 4.79 Å². The summed E-state index contributed by atoms with van der Waals surface area (Å²) in [5.41, 5.74) is 6.66. The van der Waals surface area contributed by atoms with Crippen molar-refractivity contribution in [3.63, 3.8) is 0 Å². The Hall–Kier alpha value is -2.24. The van der Waals surface area contributed by atoms with E-state index in [9.17, 15) is 9.59 Å². The number of carbonyl (C=O) groups excluding carboxylic acids is 2. The summed E-state index contributed by atoms with van der Waals surface area (Å²) in [6, 6.07) is 4.42. The van der Waals surface area contributed by atoms with Crippen LogP contribution in [-0.4, -0.2) is 43.0 Å². The number of nitrogens with one attached hydrogen (secondary N) is 1.